The molecular weight excluding hydrogens is 422 g/mol. The lowest BCUT2D eigenvalue weighted by Gasteiger charge is -2.38. The molecule has 0 aromatic heterocycles. The largest absolute Gasteiger partial charge is 0.507 e. The van der Waals surface area contributed by atoms with Crippen molar-refractivity contribution in [2.45, 2.75) is 39.2 Å². The number of carbonyl (C=O) groups excluding carboxylic acids is 3. The maximum absolute atomic E-state index is 13.7. The van der Waals surface area contributed by atoms with Crippen LogP contribution in [-0.2, 0) is 11.2 Å². The molecule has 0 amide bonds. The lowest BCUT2D eigenvalue weighted by molar-refractivity contribution is -0.131. The van der Waals surface area contributed by atoms with E-state index in [-0.39, 0.29) is 18.4 Å². The van der Waals surface area contributed by atoms with E-state index in [0.717, 1.165) is 23.4 Å². The van der Waals surface area contributed by atoms with Crippen LogP contribution in [-0.4, -0.2) is 52.9 Å². The van der Waals surface area contributed by atoms with Crippen LogP contribution in [0.15, 0.2) is 48.0 Å². The number of phenols is 2. The van der Waals surface area contributed by atoms with Crippen molar-refractivity contribution in [2.24, 2.45) is 5.41 Å². The first-order valence-corrected chi connectivity index (χ1v) is 10.7. The molecule has 1 aliphatic rings. The lowest BCUT2D eigenvalue weighted by Crippen LogP contribution is -2.53. The van der Waals surface area contributed by atoms with Gasteiger partial charge in [0.25, 0.3) is 0 Å². The first kappa shape index (κ1) is 24.2. The van der Waals surface area contributed by atoms with E-state index in [1.807, 2.05) is 45.0 Å². The van der Waals surface area contributed by atoms with Crippen LogP contribution in [0.4, 0.5) is 5.69 Å². The second-order valence-electron chi connectivity index (χ2n) is 8.95. The standard InChI is InChI=1S/C26H29NO6/c1-15(2)5-12-21(31)26(22(32)13-16-6-8-17(9-7-16)27(3)4)14-20(30)23-18(28)10-11-19(29)24(23)25(26)33/h5-11,21,28-29,31H,12-14H2,1-4H3/t21-,26?/m1/s1. The molecular formula is C26H29NO6. The first-order chi connectivity index (χ1) is 15.5. The van der Waals surface area contributed by atoms with Crippen LogP contribution in [0.3, 0.4) is 0 Å². The van der Waals surface area contributed by atoms with Gasteiger partial charge in [0.05, 0.1) is 17.2 Å². The van der Waals surface area contributed by atoms with Crippen molar-refractivity contribution < 1.29 is 29.7 Å². The second-order valence-corrected chi connectivity index (χ2v) is 8.95. The molecule has 2 aromatic rings. The predicted octanol–water partition coefficient (Wildman–Crippen LogP) is 3.45. The molecule has 0 radical (unpaired) electrons. The molecule has 1 aliphatic carbocycles. The lowest BCUT2D eigenvalue weighted by atomic mass is 9.62. The Labute approximate surface area is 193 Å². The van der Waals surface area contributed by atoms with Crippen molar-refractivity contribution in [3.63, 3.8) is 0 Å². The molecule has 0 fully saturated rings. The molecule has 0 bridgehead atoms. The van der Waals surface area contributed by atoms with Crippen LogP contribution >= 0.6 is 0 Å². The zero-order chi connectivity index (χ0) is 24.5. The number of Topliss-reactive ketones (excluding diaryl/α,β-unsaturated/α-hetero) is 3. The summed E-state index contributed by atoms with van der Waals surface area (Å²) in [5.74, 6) is -3.09. The maximum atomic E-state index is 13.7. The van der Waals surface area contributed by atoms with E-state index in [1.165, 1.54) is 0 Å². The summed E-state index contributed by atoms with van der Waals surface area (Å²) < 4.78 is 0. The number of allylic oxidation sites excluding steroid dienone is 1. The molecule has 174 valence electrons. The monoisotopic (exact) mass is 451 g/mol. The Balaban J connectivity index is 2.10. The van der Waals surface area contributed by atoms with Gasteiger partial charge in [0, 0.05) is 32.6 Å². The number of carbonyl (C=O) groups is 3. The average molecular weight is 452 g/mol. The summed E-state index contributed by atoms with van der Waals surface area (Å²) in [5, 5.41) is 31.6. The van der Waals surface area contributed by atoms with E-state index in [2.05, 4.69) is 0 Å². The Bertz CT molecular complexity index is 1130. The van der Waals surface area contributed by atoms with Crippen molar-refractivity contribution in [3.05, 3.63) is 64.7 Å². The third kappa shape index (κ3) is 4.41. The van der Waals surface area contributed by atoms with Crippen molar-refractivity contribution in [2.75, 3.05) is 19.0 Å². The van der Waals surface area contributed by atoms with Gasteiger partial charge in [0.15, 0.2) is 17.3 Å². The summed E-state index contributed by atoms with van der Waals surface area (Å²) in [6.45, 7) is 3.64. The summed E-state index contributed by atoms with van der Waals surface area (Å²) in [6, 6.07) is 9.41. The van der Waals surface area contributed by atoms with Gasteiger partial charge in [-0.2, -0.15) is 0 Å². The van der Waals surface area contributed by atoms with Crippen LogP contribution in [0, 0.1) is 5.41 Å². The number of benzene rings is 2. The summed E-state index contributed by atoms with van der Waals surface area (Å²) in [7, 11) is 3.78. The van der Waals surface area contributed by atoms with Gasteiger partial charge >= 0.3 is 0 Å². The summed E-state index contributed by atoms with van der Waals surface area (Å²) in [5.41, 5.74) is -0.353. The van der Waals surface area contributed by atoms with E-state index in [9.17, 15) is 29.7 Å². The molecule has 3 rings (SSSR count). The number of ketones is 3. The molecule has 0 aliphatic heterocycles. The molecule has 0 saturated heterocycles. The van der Waals surface area contributed by atoms with Crippen LogP contribution in [0.5, 0.6) is 11.5 Å². The van der Waals surface area contributed by atoms with Crippen LogP contribution in [0.2, 0.25) is 0 Å². The molecule has 7 heteroatoms. The van der Waals surface area contributed by atoms with Gasteiger partial charge in [-0.3, -0.25) is 14.4 Å². The third-order valence-electron chi connectivity index (χ3n) is 6.15. The fourth-order valence-electron chi connectivity index (χ4n) is 4.22. The summed E-state index contributed by atoms with van der Waals surface area (Å²) >= 11 is 0. The van der Waals surface area contributed by atoms with Crippen molar-refractivity contribution in [1.29, 1.82) is 0 Å². The number of nitrogens with zero attached hydrogens (tertiary/aromatic N) is 1. The second kappa shape index (κ2) is 9.19. The highest BCUT2D eigenvalue weighted by atomic mass is 16.3. The number of phenolic OH excluding ortho intramolecular Hbond substituents is 2. The Kier molecular flexibility index (Phi) is 6.74. The topological polar surface area (TPSA) is 115 Å². The van der Waals surface area contributed by atoms with Gasteiger partial charge in [-0.15, -0.1) is 0 Å². The maximum Gasteiger partial charge on any atom is 0.184 e. The number of rotatable bonds is 7. The highest BCUT2D eigenvalue weighted by molar-refractivity contribution is 6.26. The SMILES string of the molecule is CC(C)=CC[C@@H](O)C1(C(=O)Cc2ccc(N(C)C)cc2)CC(=O)c2c(O)ccc(O)c2C1=O. The van der Waals surface area contributed by atoms with E-state index in [1.54, 1.807) is 18.2 Å². The molecule has 33 heavy (non-hydrogen) atoms. The Hall–Kier alpha value is -3.45. The van der Waals surface area contributed by atoms with Gasteiger partial charge in [-0.1, -0.05) is 23.8 Å². The van der Waals surface area contributed by atoms with E-state index >= 15 is 0 Å². The smallest absolute Gasteiger partial charge is 0.184 e. The minimum absolute atomic E-state index is 0.0123. The molecule has 2 atom stereocenters. The zero-order valence-electron chi connectivity index (χ0n) is 19.3. The van der Waals surface area contributed by atoms with Gasteiger partial charge in [-0.25, -0.2) is 0 Å². The van der Waals surface area contributed by atoms with Gasteiger partial charge in [0.1, 0.15) is 16.9 Å². The number of aliphatic hydroxyl groups is 1. The van der Waals surface area contributed by atoms with Gasteiger partial charge in [-0.05, 0) is 50.1 Å². The number of aliphatic hydroxyl groups excluding tert-OH is 1. The fraction of sp³-hybridized carbons (Fsp3) is 0.346. The highest BCUT2D eigenvalue weighted by Crippen LogP contribution is 2.46. The molecule has 0 spiro atoms. The molecule has 0 heterocycles. The van der Waals surface area contributed by atoms with Crippen molar-refractivity contribution in [1.82, 2.24) is 0 Å². The van der Waals surface area contributed by atoms with E-state index in [0.29, 0.717) is 5.56 Å². The molecule has 0 saturated carbocycles. The van der Waals surface area contributed by atoms with Gasteiger partial charge in [0.2, 0.25) is 0 Å². The molecule has 3 N–H and O–H groups in total. The third-order valence-corrected chi connectivity index (χ3v) is 6.15. The Morgan fingerprint density at radius 3 is 2.15 bits per heavy atom. The molecule has 1 unspecified atom stereocenters. The minimum Gasteiger partial charge on any atom is -0.507 e. The number of hydrogen-bond acceptors (Lipinski definition) is 7. The number of anilines is 1. The average Bonchev–Trinajstić information content (AvgIpc) is 2.76. The van der Waals surface area contributed by atoms with Crippen LogP contribution in [0.25, 0.3) is 0 Å². The highest BCUT2D eigenvalue weighted by Gasteiger charge is 2.56. The van der Waals surface area contributed by atoms with E-state index in [4.69, 9.17) is 0 Å². The van der Waals surface area contributed by atoms with Crippen molar-refractivity contribution in [3.8, 4) is 11.5 Å². The summed E-state index contributed by atoms with van der Waals surface area (Å²) in [6.07, 6.45) is -0.550. The van der Waals surface area contributed by atoms with Crippen LogP contribution in [0.1, 0.15) is 53.0 Å². The number of aromatic hydroxyl groups is 2. The first-order valence-electron chi connectivity index (χ1n) is 10.7. The fourth-order valence-corrected chi connectivity index (χ4v) is 4.22. The van der Waals surface area contributed by atoms with Crippen molar-refractivity contribution >= 4 is 23.0 Å². The molecule has 7 nitrogen and oxygen atoms in total. The predicted molar refractivity (Wildman–Crippen MR) is 125 cm³/mol. The minimum atomic E-state index is -2.07. The van der Waals surface area contributed by atoms with Crippen LogP contribution < -0.4 is 4.90 Å². The zero-order valence-corrected chi connectivity index (χ0v) is 19.3. The normalized spacial score (nSPS) is 18.5. The van der Waals surface area contributed by atoms with Gasteiger partial charge < -0.3 is 20.2 Å². The number of hydrogen-bond donors (Lipinski definition) is 3. The molecule has 2 aromatic carbocycles. The Morgan fingerprint density at radius 2 is 1.61 bits per heavy atom. The quantitative estimate of drug-likeness (QED) is 0.335. The number of fused-ring (bicyclic) bond motifs is 1. The Morgan fingerprint density at radius 1 is 1.03 bits per heavy atom. The van der Waals surface area contributed by atoms with E-state index < -0.39 is 52.4 Å². The summed E-state index contributed by atoms with van der Waals surface area (Å²) in [4.78, 5) is 42.3.